The summed E-state index contributed by atoms with van der Waals surface area (Å²) in [7, 11) is 0. The monoisotopic (exact) mass is 349 g/mol. The third kappa shape index (κ3) is 2.56. The number of pyridine rings is 1. The van der Waals surface area contributed by atoms with Gasteiger partial charge in [-0.15, -0.1) is 0 Å². The lowest BCUT2D eigenvalue weighted by atomic mass is 9.67. The van der Waals surface area contributed by atoms with E-state index in [2.05, 4.69) is 15.1 Å². The first kappa shape index (κ1) is 16.6. The largest absolute Gasteiger partial charge is 0.385 e. The highest BCUT2D eigenvalue weighted by Crippen LogP contribution is 2.52. The van der Waals surface area contributed by atoms with Crippen molar-refractivity contribution in [3.8, 4) is 0 Å². The van der Waals surface area contributed by atoms with Crippen LogP contribution in [0.2, 0.25) is 0 Å². The van der Waals surface area contributed by atoms with Crippen molar-refractivity contribution in [1.82, 2.24) is 15.1 Å². The van der Waals surface area contributed by atoms with Crippen molar-refractivity contribution in [2.24, 2.45) is 0 Å². The van der Waals surface area contributed by atoms with Gasteiger partial charge >= 0.3 is 0 Å². The maximum absolute atomic E-state index is 14.4. The van der Waals surface area contributed by atoms with E-state index >= 15 is 0 Å². The minimum Gasteiger partial charge on any atom is -0.385 e. The van der Waals surface area contributed by atoms with Crippen molar-refractivity contribution < 1.29 is 18.4 Å². The van der Waals surface area contributed by atoms with Crippen LogP contribution < -0.4 is 0 Å². The van der Waals surface area contributed by atoms with E-state index in [0.29, 0.717) is 31.6 Å². The lowest BCUT2D eigenvalue weighted by molar-refractivity contribution is -0.104. The summed E-state index contributed by atoms with van der Waals surface area (Å²) in [4.78, 5) is 8.25. The van der Waals surface area contributed by atoms with Crippen molar-refractivity contribution in [3.63, 3.8) is 0 Å². The quantitative estimate of drug-likeness (QED) is 0.915. The van der Waals surface area contributed by atoms with Gasteiger partial charge in [-0.3, -0.25) is 4.98 Å². The van der Waals surface area contributed by atoms with E-state index < -0.39 is 16.9 Å². The smallest absolute Gasteiger partial charge is 0.260 e. The van der Waals surface area contributed by atoms with Crippen LogP contribution in [0.3, 0.4) is 0 Å². The molecule has 2 saturated carbocycles. The van der Waals surface area contributed by atoms with E-state index in [9.17, 15) is 13.9 Å². The van der Waals surface area contributed by atoms with Gasteiger partial charge in [0.2, 0.25) is 5.89 Å². The number of nitrogens with zero attached hydrogens (tertiary/aromatic N) is 3. The second kappa shape index (κ2) is 5.56. The molecule has 1 atom stereocenters. The van der Waals surface area contributed by atoms with Crippen LogP contribution >= 0.6 is 0 Å². The van der Waals surface area contributed by atoms with E-state index in [0.717, 1.165) is 12.0 Å². The van der Waals surface area contributed by atoms with Crippen LogP contribution in [0.15, 0.2) is 29.0 Å². The number of hydrogen-bond acceptors (Lipinski definition) is 5. The molecule has 25 heavy (non-hydrogen) atoms. The average molecular weight is 349 g/mol. The lowest BCUT2D eigenvalue weighted by Crippen LogP contribution is -2.46. The Hall–Kier alpha value is -1.89. The summed E-state index contributed by atoms with van der Waals surface area (Å²) in [6.45, 7) is 1.52. The third-order valence-electron chi connectivity index (χ3n) is 5.90. The van der Waals surface area contributed by atoms with Crippen molar-refractivity contribution in [2.45, 2.75) is 68.3 Å². The van der Waals surface area contributed by atoms with Gasteiger partial charge in [0, 0.05) is 24.7 Å². The van der Waals surface area contributed by atoms with Gasteiger partial charge < -0.3 is 9.63 Å². The van der Waals surface area contributed by atoms with Gasteiger partial charge in [0.25, 0.3) is 5.92 Å². The first-order valence-electron chi connectivity index (χ1n) is 8.69. The average Bonchev–Trinajstić information content (AvgIpc) is 3.05. The summed E-state index contributed by atoms with van der Waals surface area (Å²) >= 11 is 0. The molecule has 5 nitrogen and oxygen atoms in total. The van der Waals surface area contributed by atoms with Gasteiger partial charge in [-0.25, -0.2) is 8.78 Å². The Morgan fingerprint density at radius 3 is 2.52 bits per heavy atom. The molecule has 2 fully saturated rings. The van der Waals surface area contributed by atoms with Crippen molar-refractivity contribution >= 4 is 0 Å². The van der Waals surface area contributed by atoms with E-state index in [-0.39, 0.29) is 18.2 Å². The zero-order valence-electron chi connectivity index (χ0n) is 14.1. The van der Waals surface area contributed by atoms with Gasteiger partial charge in [-0.2, -0.15) is 4.98 Å². The van der Waals surface area contributed by atoms with Crippen LogP contribution in [-0.2, 0) is 11.0 Å². The van der Waals surface area contributed by atoms with E-state index in [1.165, 1.54) is 6.92 Å². The van der Waals surface area contributed by atoms with Crippen LogP contribution in [0.1, 0.15) is 68.6 Å². The molecule has 0 bridgehead atoms. The first-order chi connectivity index (χ1) is 11.8. The van der Waals surface area contributed by atoms with Gasteiger partial charge in [-0.05, 0) is 50.3 Å². The molecule has 4 rings (SSSR count). The summed E-state index contributed by atoms with van der Waals surface area (Å²) in [5, 5.41) is 14.5. The fraction of sp³-hybridized carbons (Fsp3) is 0.611. The number of aromatic nitrogens is 3. The Kier molecular flexibility index (Phi) is 3.68. The highest BCUT2D eigenvalue weighted by molar-refractivity contribution is 5.26. The van der Waals surface area contributed by atoms with Crippen molar-refractivity contribution in [3.05, 3.63) is 41.8 Å². The molecule has 2 heterocycles. The molecular weight excluding hydrogens is 328 g/mol. The van der Waals surface area contributed by atoms with Crippen LogP contribution in [0.4, 0.5) is 8.78 Å². The number of rotatable bonds is 3. The predicted octanol–water partition coefficient (Wildman–Crippen LogP) is 3.70. The maximum Gasteiger partial charge on any atom is 0.260 e. The Labute approximate surface area is 144 Å². The number of hydrogen-bond donors (Lipinski definition) is 1. The van der Waals surface area contributed by atoms with E-state index in [1.807, 2.05) is 0 Å². The molecule has 0 amide bonds. The van der Waals surface area contributed by atoms with Crippen LogP contribution in [-0.4, -0.2) is 26.2 Å². The fourth-order valence-electron chi connectivity index (χ4n) is 4.01. The SMILES string of the molecule is CC1(c2noc(C3CC(O)(c4ccncc4)C3)n2)CCCCC1(F)F. The topological polar surface area (TPSA) is 72.0 Å². The second-order valence-electron chi connectivity index (χ2n) is 7.57. The molecule has 2 aliphatic carbocycles. The summed E-state index contributed by atoms with van der Waals surface area (Å²) in [6, 6.07) is 3.55. The summed E-state index contributed by atoms with van der Waals surface area (Å²) in [5.74, 6) is -2.51. The highest BCUT2D eigenvalue weighted by Gasteiger charge is 2.56. The molecule has 0 aromatic carbocycles. The molecule has 2 aromatic heterocycles. The van der Waals surface area contributed by atoms with Crippen molar-refractivity contribution in [1.29, 1.82) is 0 Å². The molecule has 1 N–H and O–H groups in total. The lowest BCUT2D eigenvalue weighted by Gasteiger charge is -2.42. The molecule has 0 radical (unpaired) electrons. The first-order valence-corrected chi connectivity index (χ1v) is 8.69. The minimum absolute atomic E-state index is 0.0894. The zero-order chi connectivity index (χ0) is 17.7. The number of halogens is 2. The standard InChI is InChI=1S/C18H21F2N3O2/c1-16(6-2-3-7-18(16,19)20)15-22-14(25-23-15)12-10-17(24,11-12)13-4-8-21-9-5-13/h4-5,8-9,12,24H,2-3,6-7,10-11H2,1H3. The van der Waals surface area contributed by atoms with E-state index in [4.69, 9.17) is 4.52 Å². The van der Waals surface area contributed by atoms with Gasteiger partial charge in [0.15, 0.2) is 5.82 Å². The molecule has 2 aromatic rings. The molecule has 0 saturated heterocycles. The molecule has 7 heteroatoms. The van der Waals surface area contributed by atoms with E-state index in [1.54, 1.807) is 24.5 Å². The summed E-state index contributed by atoms with van der Waals surface area (Å²) in [5.41, 5.74) is -1.52. The maximum atomic E-state index is 14.4. The number of aliphatic hydroxyl groups is 1. The van der Waals surface area contributed by atoms with Gasteiger partial charge in [0.1, 0.15) is 0 Å². The molecule has 1 unspecified atom stereocenters. The summed E-state index contributed by atoms with van der Waals surface area (Å²) in [6.07, 6.45) is 5.62. The number of alkyl halides is 2. The predicted molar refractivity (Wildman–Crippen MR) is 85.2 cm³/mol. The van der Waals surface area contributed by atoms with Crippen LogP contribution in [0.5, 0.6) is 0 Å². The molecular formula is C18H21F2N3O2. The Balaban J connectivity index is 1.52. The highest BCUT2D eigenvalue weighted by atomic mass is 19.3. The molecule has 0 aliphatic heterocycles. The van der Waals surface area contributed by atoms with Crippen LogP contribution in [0, 0.1) is 0 Å². The zero-order valence-corrected chi connectivity index (χ0v) is 14.1. The molecule has 134 valence electrons. The fourth-order valence-corrected chi connectivity index (χ4v) is 4.01. The van der Waals surface area contributed by atoms with Gasteiger partial charge in [-0.1, -0.05) is 11.6 Å². The second-order valence-corrected chi connectivity index (χ2v) is 7.57. The third-order valence-corrected chi connectivity index (χ3v) is 5.90. The molecule has 2 aliphatic rings. The summed E-state index contributed by atoms with van der Waals surface area (Å²) < 4.78 is 34.1. The van der Waals surface area contributed by atoms with Gasteiger partial charge in [0.05, 0.1) is 11.0 Å². The van der Waals surface area contributed by atoms with Crippen LogP contribution in [0.25, 0.3) is 0 Å². The molecule has 0 spiro atoms. The normalized spacial score (nSPS) is 34.5. The Morgan fingerprint density at radius 1 is 1.16 bits per heavy atom. The minimum atomic E-state index is -2.83. The Bertz CT molecular complexity index is 759. The Morgan fingerprint density at radius 2 is 1.84 bits per heavy atom. The van der Waals surface area contributed by atoms with Crippen molar-refractivity contribution in [2.75, 3.05) is 0 Å².